The van der Waals surface area contributed by atoms with Crippen molar-refractivity contribution < 1.29 is 9.32 Å². The molecule has 3 rings (SSSR count). The second kappa shape index (κ2) is 6.91. The number of carbonyl (C=O) groups excluding carboxylic acids is 1. The molecule has 3 aromatic rings. The van der Waals surface area contributed by atoms with E-state index in [0.29, 0.717) is 18.0 Å². The number of rotatable bonds is 6. The van der Waals surface area contributed by atoms with Crippen molar-refractivity contribution in [1.29, 1.82) is 0 Å². The molecule has 0 fully saturated rings. The summed E-state index contributed by atoms with van der Waals surface area (Å²) in [6.07, 6.45) is 6.22. The van der Waals surface area contributed by atoms with Crippen LogP contribution in [-0.4, -0.2) is 27.2 Å². The van der Waals surface area contributed by atoms with E-state index in [1.165, 1.54) is 0 Å². The van der Waals surface area contributed by atoms with Gasteiger partial charge in [-0.25, -0.2) is 4.98 Å². The molecule has 0 atom stereocenters. The Morgan fingerprint density at radius 2 is 2.22 bits per heavy atom. The third kappa shape index (κ3) is 3.66. The lowest BCUT2D eigenvalue weighted by Crippen LogP contribution is -2.25. The number of aryl methyl sites for hydroxylation is 2. The van der Waals surface area contributed by atoms with Crippen molar-refractivity contribution in [1.82, 2.24) is 20.0 Å². The maximum absolute atomic E-state index is 12.1. The van der Waals surface area contributed by atoms with Crippen LogP contribution in [0.15, 0.2) is 53.6 Å². The van der Waals surface area contributed by atoms with Crippen molar-refractivity contribution in [3.63, 3.8) is 0 Å². The third-order valence-corrected chi connectivity index (χ3v) is 3.59. The van der Waals surface area contributed by atoms with E-state index in [1.807, 2.05) is 42.0 Å². The minimum atomic E-state index is -0.223. The van der Waals surface area contributed by atoms with Gasteiger partial charge in [-0.1, -0.05) is 29.4 Å². The number of benzene rings is 1. The summed E-state index contributed by atoms with van der Waals surface area (Å²) in [6, 6.07) is 9.51. The van der Waals surface area contributed by atoms with Gasteiger partial charge in [-0.05, 0) is 18.9 Å². The number of carbonyl (C=O) groups is 1. The molecule has 2 heterocycles. The Labute approximate surface area is 134 Å². The summed E-state index contributed by atoms with van der Waals surface area (Å²) >= 11 is 0. The number of aromatic nitrogens is 3. The van der Waals surface area contributed by atoms with Gasteiger partial charge in [0.2, 0.25) is 0 Å². The van der Waals surface area contributed by atoms with Gasteiger partial charge in [0.05, 0.1) is 6.33 Å². The Kier molecular flexibility index (Phi) is 4.52. The molecule has 1 aromatic carbocycles. The first kappa shape index (κ1) is 15.0. The second-order valence-corrected chi connectivity index (χ2v) is 5.30. The van der Waals surface area contributed by atoms with Crippen molar-refractivity contribution in [2.24, 2.45) is 0 Å². The Balaban J connectivity index is 1.55. The molecule has 0 aliphatic carbocycles. The minimum absolute atomic E-state index is 0.223. The molecule has 6 heteroatoms. The number of hydrogen-bond donors (Lipinski definition) is 1. The van der Waals surface area contributed by atoms with Crippen LogP contribution >= 0.6 is 0 Å². The lowest BCUT2D eigenvalue weighted by molar-refractivity contribution is 0.0944. The van der Waals surface area contributed by atoms with E-state index in [0.717, 1.165) is 24.1 Å². The highest BCUT2D eigenvalue weighted by molar-refractivity contribution is 5.93. The topological polar surface area (TPSA) is 73.0 Å². The van der Waals surface area contributed by atoms with Gasteiger partial charge in [-0.15, -0.1) is 0 Å². The fraction of sp³-hybridized carbons (Fsp3) is 0.235. The van der Waals surface area contributed by atoms with Crippen LogP contribution in [0.25, 0.3) is 11.3 Å². The molecule has 0 bridgehead atoms. The van der Waals surface area contributed by atoms with Crippen molar-refractivity contribution in [2.45, 2.75) is 19.9 Å². The summed E-state index contributed by atoms with van der Waals surface area (Å²) in [7, 11) is 0. The molecule has 0 saturated heterocycles. The molecule has 0 radical (unpaired) electrons. The molecule has 0 aliphatic heterocycles. The van der Waals surface area contributed by atoms with E-state index < -0.39 is 0 Å². The van der Waals surface area contributed by atoms with Gasteiger partial charge in [0.25, 0.3) is 5.91 Å². The molecule has 1 N–H and O–H groups in total. The lowest BCUT2D eigenvalue weighted by atomic mass is 10.1. The largest absolute Gasteiger partial charge is 0.355 e. The van der Waals surface area contributed by atoms with Gasteiger partial charge in [0, 0.05) is 37.1 Å². The average molecular weight is 310 g/mol. The molecule has 118 valence electrons. The summed E-state index contributed by atoms with van der Waals surface area (Å²) in [5.74, 6) is 0.380. The highest BCUT2D eigenvalue weighted by atomic mass is 16.5. The summed E-state index contributed by atoms with van der Waals surface area (Å²) < 4.78 is 7.27. The molecule has 2 aromatic heterocycles. The third-order valence-electron chi connectivity index (χ3n) is 3.59. The number of amides is 1. The van der Waals surface area contributed by atoms with Crippen LogP contribution in [0.5, 0.6) is 0 Å². The summed E-state index contributed by atoms with van der Waals surface area (Å²) in [6.45, 7) is 3.38. The highest BCUT2D eigenvalue weighted by Crippen LogP contribution is 2.23. The summed E-state index contributed by atoms with van der Waals surface area (Å²) in [5.41, 5.74) is 2.32. The molecule has 0 aliphatic rings. The van der Waals surface area contributed by atoms with E-state index >= 15 is 0 Å². The zero-order valence-corrected chi connectivity index (χ0v) is 12.9. The molecule has 23 heavy (non-hydrogen) atoms. The summed E-state index contributed by atoms with van der Waals surface area (Å²) in [4.78, 5) is 16.1. The molecule has 1 amide bonds. The monoisotopic (exact) mass is 310 g/mol. The fourth-order valence-corrected chi connectivity index (χ4v) is 2.33. The highest BCUT2D eigenvalue weighted by Gasteiger charge is 2.14. The average Bonchev–Trinajstić information content (AvgIpc) is 3.23. The van der Waals surface area contributed by atoms with Gasteiger partial charge in [0.15, 0.2) is 11.5 Å². The number of nitrogens with zero attached hydrogens (tertiary/aromatic N) is 3. The van der Waals surface area contributed by atoms with E-state index in [9.17, 15) is 4.79 Å². The molecule has 0 saturated carbocycles. The predicted molar refractivity (Wildman–Crippen MR) is 85.9 cm³/mol. The van der Waals surface area contributed by atoms with Crippen molar-refractivity contribution in [2.75, 3.05) is 6.54 Å². The van der Waals surface area contributed by atoms with Gasteiger partial charge in [-0.3, -0.25) is 4.79 Å². The number of hydrogen-bond acceptors (Lipinski definition) is 4. The van der Waals surface area contributed by atoms with Crippen LogP contribution in [0.2, 0.25) is 0 Å². The molecule has 0 unspecified atom stereocenters. The van der Waals surface area contributed by atoms with E-state index in [2.05, 4.69) is 15.5 Å². The maximum atomic E-state index is 12.1. The normalized spacial score (nSPS) is 10.7. The molecule has 0 spiro atoms. The van der Waals surface area contributed by atoms with Gasteiger partial charge in [0.1, 0.15) is 0 Å². The van der Waals surface area contributed by atoms with Crippen LogP contribution in [0, 0.1) is 6.92 Å². The van der Waals surface area contributed by atoms with E-state index in [4.69, 9.17) is 4.52 Å². The Bertz CT molecular complexity index is 778. The Morgan fingerprint density at radius 1 is 1.35 bits per heavy atom. The first-order valence-corrected chi connectivity index (χ1v) is 7.51. The summed E-state index contributed by atoms with van der Waals surface area (Å²) in [5, 5.41) is 6.71. The molecular weight excluding hydrogens is 292 g/mol. The molecule has 6 nitrogen and oxygen atoms in total. The second-order valence-electron chi connectivity index (χ2n) is 5.30. The minimum Gasteiger partial charge on any atom is -0.355 e. The maximum Gasteiger partial charge on any atom is 0.273 e. The van der Waals surface area contributed by atoms with Crippen molar-refractivity contribution in [3.05, 3.63) is 60.3 Å². The lowest BCUT2D eigenvalue weighted by Gasteiger charge is -2.03. The van der Waals surface area contributed by atoms with Crippen LogP contribution in [0.3, 0.4) is 0 Å². The quantitative estimate of drug-likeness (QED) is 0.710. The van der Waals surface area contributed by atoms with Crippen LogP contribution < -0.4 is 5.32 Å². The fourth-order valence-electron chi connectivity index (χ4n) is 2.33. The van der Waals surface area contributed by atoms with Crippen LogP contribution in [0.4, 0.5) is 0 Å². The van der Waals surface area contributed by atoms with E-state index in [-0.39, 0.29) is 5.91 Å². The standard InChI is InChI=1S/C17H18N4O2/c1-13-5-2-3-6-14(13)16-11-15(20-23-16)17(22)19-7-4-9-21-10-8-18-12-21/h2-3,5-6,8,10-12H,4,7,9H2,1H3,(H,19,22). The SMILES string of the molecule is Cc1ccccc1-c1cc(C(=O)NCCCn2ccnc2)no1. The van der Waals surface area contributed by atoms with Crippen molar-refractivity contribution >= 4 is 5.91 Å². The van der Waals surface area contributed by atoms with E-state index in [1.54, 1.807) is 18.6 Å². The van der Waals surface area contributed by atoms with Crippen LogP contribution in [-0.2, 0) is 6.54 Å². The zero-order chi connectivity index (χ0) is 16.1. The van der Waals surface area contributed by atoms with Crippen LogP contribution in [0.1, 0.15) is 22.5 Å². The Morgan fingerprint density at radius 3 is 3.00 bits per heavy atom. The molecular formula is C17H18N4O2. The van der Waals surface area contributed by atoms with Crippen molar-refractivity contribution in [3.8, 4) is 11.3 Å². The smallest absolute Gasteiger partial charge is 0.273 e. The predicted octanol–water partition coefficient (Wildman–Crippen LogP) is 2.67. The van der Waals surface area contributed by atoms with Gasteiger partial charge < -0.3 is 14.4 Å². The number of nitrogens with one attached hydrogen (secondary N) is 1. The Hall–Kier alpha value is -2.89. The van der Waals surface area contributed by atoms with Gasteiger partial charge >= 0.3 is 0 Å². The first-order chi connectivity index (χ1) is 11.2. The zero-order valence-electron chi connectivity index (χ0n) is 12.9. The first-order valence-electron chi connectivity index (χ1n) is 7.51. The van der Waals surface area contributed by atoms with Gasteiger partial charge in [-0.2, -0.15) is 0 Å². The number of imidazole rings is 1.